The van der Waals surface area contributed by atoms with Gasteiger partial charge in [-0.25, -0.2) is 0 Å². The number of likely N-dealkylation sites (N-methyl/N-ethyl adjacent to an activating group) is 2. The Balaban J connectivity index is 2.08. The lowest BCUT2D eigenvalue weighted by molar-refractivity contribution is 0.314. The topological polar surface area (TPSA) is 18.5 Å². The molecule has 1 heterocycles. The van der Waals surface area contributed by atoms with E-state index in [4.69, 9.17) is 11.6 Å². The van der Waals surface area contributed by atoms with Crippen LogP contribution in [0.25, 0.3) is 0 Å². The predicted molar refractivity (Wildman–Crippen MR) is 92.4 cm³/mol. The fourth-order valence-corrected chi connectivity index (χ4v) is 3.33. The van der Waals surface area contributed by atoms with Gasteiger partial charge in [-0.2, -0.15) is 0 Å². The second-order valence-electron chi connectivity index (χ2n) is 6.07. The van der Waals surface area contributed by atoms with Crippen LogP contribution in [-0.4, -0.2) is 44.7 Å². The van der Waals surface area contributed by atoms with Crippen LogP contribution < -0.4 is 10.2 Å². The molecule has 0 aromatic heterocycles. The minimum atomic E-state index is 0.658. The van der Waals surface area contributed by atoms with Crippen LogP contribution in [0.1, 0.15) is 31.7 Å². The first kappa shape index (κ1) is 16.6. The van der Waals surface area contributed by atoms with Gasteiger partial charge in [0.2, 0.25) is 0 Å². The zero-order valence-electron chi connectivity index (χ0n) is 13.5. The summed E-state index contributed by atoms with van der Waals surface area (Å²) >= 11 is 6.42. The highest BCUT2D eigenvalue weighted by molar-refractivity contribution is 6.31. The number of hydrogen-bond donors (Lipinski definition) is 1. The molecule has 1 fully saturated rings. The molecule has 2 rings (SSSR count). The molecule has 1 unspecified atom stereocenters. The number of hydrogen-bond acceptors (Lipinski definition) is 3. The molecule has 4 heteroatoms. The van der Waals surface area contributed by atoms with Crippen molar-refractivity contribution in [1.82, 2.24) is 10.2 Å². The lowest BCUT2D eigenvalue weighted by atomic mass is 10.1. The van der Waals surface area contributed by atoms with Gasteiger partial charge in [0, 0.05) is 42.5 Å². The summed E-state index contributed by atoms with van der Waals surface area (Å²) < 4.78 is 0. The molecule has 0 amide bonds. The van der Waals surface area contributed by atoms with Gasteiger partial charge in [-0.3, -0.25) is 0 Å². The summed E-state index contributed by atoms with van der Waals surface area (Å²) in [6.45, 7) is 6.34. The maximum absolute atomic E-state index is 6.42. The third-order valence-electron chi connectivity index (χ3n) is 4.39. The summed E-state index contributed by atoms with van der Waals surface area (Å²) in [7, 11) is 4.41. The summed E-state index contributed by atoms with van der Waals surface area (Å²) in [5, 5.41) is 4.33. The maximum atomic E-state index is 6.42. The number of nitrogens with one attached hydrogen (secondary N) is 1. The van der Waals surface area contributed by atoms with E-state index in [0.717, 1.165) is 31.1 Å². The highest BCUT2D eigenvalue weighted by Gasteiger charge is 2.23. The standard InChI is InChI=1S/C17H28ClN3/c1-4-10-19-12-15-16(18)8-5-9-17(15)21(3)13-14-7-6-11-20(14)2/h5,8-9,14,19H,4,6-7,10-13H2,1-3H3. The monoisotopic (exact) mass is 309 g/mol. The van der Waals surface area contributed by atoms with E-state index in [1.54, 1.807) is 0 Å². The zero-order valence-corrected chi connectivity index (χ0v) is 14.3. The van der Waals surface area contributed by atoms with Gasteiger partial charge in [0.05, 0.1) is 0 Å². The molecule has 0 spiro atoms. The highest BCUT2D eigenvalue weighted by Crippen LogP contribution is 2.28. The van der Waals surface area contributed by atoms with E-state index in [1.807, 2.05) is 6.07 Å². The predicted octanol–water partition coefficient (Wildman–Crippen LogP) is 3.37. The molecule has 118 valence electrons. The van der Waals surface area contributed by atoms with E-state index in [9.17, 15) is 0 Å². The van der Waals surface area contributed by atoms with Crippen molar-refractivity contribution in [3.8, 4) is 0 Å². The van der Waals surface area contributed by atoms with Crippen LogP contribution in [0.2, 0.25) is 5.02 Å². The number of anilines is 1. The summed E-state index contributed by atoms with van der Waals surface area (Å²) in [4.78, 5) is 4.83. The maximum Gasteiger partial charge on any atom is 0.0471 e. The van der Waals surface area contributed by atoms with Gasteiger partial charge >= 0.3 is 0 Å². The number of rotatable bonds is 7. The molecule has 1 N–H and O–H groups in total. The molecule has 1 aromatic carbocycles. The van der Waals surface area contributed by atoms with Crippen molar-refractivity contribution < 1.29 is 0 Å². The molecule has 1 atom stereocenters. The third kappa shape index (κ3) is 4.35. The molecule has 0 bridgehead atoms. The average molecular weight is 310 g/mol. The molecule has 3 nitrogen and oxygen atoms in total. The minimum Gasteiger partial charge on any atom is -0.373 e. The fraction of sp³-hybridized carbons (Fsp3) is 0.647. The Bertz CT molecular complexity index is 450. The van der Waals surface area contributed by atoms with Gasteiger partial charge in [-0.1, -0.05) is 24.6 Å². The van der Waals surface area contributed by atoms with Crippen LogP contribution in [0, 0.1) is 0 Å². The lowest BCUT2D eigenvalue weighted by Gasteiger charge is -2.29. The number of nitrogens with zero attached hydrogens (tertiary/aromatic N) is 2. The molecule has 21 heavy (non-hydrogen) atoms. The normalized spacial score (nSPS) is 19.1. The molecule has 0 aliphatic carbocycles. The van der Waals surface area contributed by atoms with Gasteiger partial charge in [-0.05, 0) is 51.5 Å². The Morgan fingerprint density at radius 1 is 1.43 bits per heavy atom. The second-order valence-corrected chi connectivity index (χ2v) is 6.48. The summed E-state index contributed by atoms with van der Waals surface area (Å²) in [6, 6.07) is 6.88. The fourth-order valence-electron chi connectivity index (χ4n) is 3.09. The van der Waals surface area contributed by atoms with Crippen molar-refractivity contribution >= 4 is 17.3 Å². The van der Waals surface area contributed by atoms with Crippen LogP contribution in [0.5, 0.6) is 0 Å². The van der Waals surface area contributed by atoms with Crippen LogP contribution in [-0.2, 0) is 6.54 Å². The number of likely N-dealkylation sites (tertiary alicyclic amines) is 1. The first-order valence-corrected chi connectivity index (χ1v) is 8.40. The highest BCUT2D eigenvalue weighted by atomic mass is 35.5. The van der Waals surface area contributed by atoms with Crippen LogP contribution in [0.4, 0.5) is 5.69 Å². The van der Waals surface area contributed by atoms with E-state index in [1.165, 1.54) is 30.6 Å². The molecule has 1 aliphatic heterocycles. The Kier molecular flexibility index (Phi) is 6.34. The Morgan fingerprint density at radius 3 is 2.90 bits per heavy atom. The lowest BCUT2D eigenvalue weighted by Crippen LogP contribution is -2.37. The quantitative estimate of drug-likeness (QED) is 0.779. The van der Waals surface area contributed by atoms with Crippen molar-refractivity contribution in [2.45, 2.75) is 38.8 Å². The van der Waals surface area contributed by atoms with E-state index >= 15 is 0 Å². The average Bonchev–Trinajstić information content (AvgIpc) is 2.86. The Hall–Kier alpha value is -0.770. The Morgan fingerprint density at radius 2 is 2.24 bits per heavy atom. The molecular formula is C17H28ClN3. The van der Waals surface area contributed by atoms with Crippen molar-refractivity contribution in [3.63, 3.8) is 0 Å². The van der Waals surface area contributed by atoms with E-state index in [2.05, 4.69) is 48.3 Å². The van der Waals surface area contributed by atoms with Crippen LogP contribution in [0.3, 0.4) is 0 Å². The molecule has 1 aliphatic rings. The minimum absolute atomic E-state index is 0.658. The molecule has 1 saturated heterocycles. The molecule has 0 radical (unpaired) electrons. The summed E-state index contributed by atoms with van der Waals surface area (Å²) in [5.41, 5.74) is 2.47. The van der Waals surface area contributed by atoms with Crippen molar-refractivity contribution in [3.05, 3.63) is 28.8 Å². The second kappa shape index (κ2) is 8.02. The van der Waals surface area contributed by atoms with Crippen molar-refractivity contribution in [2.75, 3.05) is 38.6 Å². The number of benzene rings is 1. The molecule has 1 aromatic rings. The molecule has 0 saturated carbocycles. The zero-order chi connectivity index (χ0) is 15.2. The first-order valence-electron chi connectivity index (χ1n) is 8.03. The van der Waals surface area contributed by atoms with Gasteiger partial charge in [0.1, 0.15) is 0 Å². The SMILES string of the molecule is CCCNCc1c(Cl)cccc1N(C)CC1CCCN1C. The van der Waals surface area contributed by atoms with E-state index in [0.29, 0.717) is 6.04 Å². The van der Waals surface area contributed by atoms with Crippen LogP contribution >= 0.6 is 11.6 Å². The van der Waals surface area contributed by atoms with Crippen molar-refractivity contribution in [1.29, 1.82) is 0 Å². The Labute approximate surface area is 134 Å². The van der Waals surface area contributed by atoms with Gasteiger partial charge in [0.15, 0.2) is 0 Å². The van der Waals surface area contributed by atoms with Crippen molar-refractivity contribution in [2.24, 2.45) is 0 Å². The van der Waals surface area contributed by atoms with Crippen LogP contribution in [0.15, 0.2) is 18.2 Å². The van der Waals surface area contributed by atoms with E-state index in [-0.39, 0.29) is 0 Å². The molecular weight excluding hydrogens is 282 g/mol. The third-order valence-corrected chi connectivity index (χ3v) is 4.74. The summed E-state index contributed by atoms with van der Waals surface area (Å²) in [5.74, 6) is 0. The summed E-state index contributed by atoms with van der Waals surface area (Å²) in [6.07, 6.45) is 3.75. The first-order chi connectivity index (χ1) is 10.1. The van der Waals surface area contributed by atoms with Gasteiger partial charge < -0.3 is 15.1 Å². The smallest absolute Gasteiger partial charge is 0.0471 e. The van der Waals surface area contributed by atoms with E-state index < -0.39 is 0 Å². The van der Waals surface area contributed by atoms with Gasteiger partial charge in [0.25, 0.3) is 0 Å². The number of halogens is 1. The van der Waals surface area contributed by atoms with Gasteiger partial charge in [-0.15, -0.1) is 0 Å². The largest absolute Gasteiger partial charge is 0.373 e.